The van der Waals surface area contributed by atoms with Crippen LogP contribution in [0.15, 0.2) is 60.7 Å². The number of phenols is 1. The topological polar surface area (TPSA) is 101 Å². The van der Waals surface area contributed by atoms with Gasteiger partial charge >= 0.3 is 5.97 Å². The van der Waals surface area contributed by atoms with E-state index in [0.717, 1.165) is 4.90 Å². The van der Waals surface area contributed by atoms with Gasteiger partial charge in [0.1, 0.15) is 11.3 Å². The van der Waals surface area contributed by atoms with Crippen molar-refractivity contribution in [3.8, 4) is 5.75 Å². The van der Waals surface area contributed by atoms with Gasteiger partial charge in [-0.3, -0.25) is 19.3 Å². The molecule has 1 aliphatic carbocycles. The number of ether oxygens (including phenoxy) is 1. The number of Topliss-reactive ketones (excluding diaryl/α,β-unsaturated/α-hetero) is 1. The zero-order valence-electron chi connectivity index (χ0n) is 16.0. The van der Waals surface area contributed by atoms with E-state index in [1.54, 1.807) is 30.3 Å². The number of phenolic OH excluding ortho intramolecular Hbond substituents is 1. The van der Waals surface area contributed by atoms with Crippen molar-refractivity contribution in [1.29, 1.82) is 0 Å². The molecule has 152 valence electrons. The van der Waals surface area contributed by atoms with Crippen LogP contribution in [0.25, 0.3) is 0 Å². The number of imide groups is 1. The highest BCUT2D eigenvalue weighted by Gasteiger charge is 2.48. The Morgan fingerprint density at radius 1 is 0.967 bits per heavy atom. The zero-order chi connectivity index (χ0) is 21.3. The Labute approximate surface area is 172 Å². The molecule has 1 heterocycles. The summed E-state index contributed by atoms with van der Waals surface area (Å²) in [5.41, 5.74) is 0.369. The van der Waals surface area contributed by atoms with Crippen molar-refractivity contribution in [3.05, 3.63) is 71.8 Å². The third-order valence-corrected chi connectivity index (χ3v) is 5.40. The van der Waals surface area contributed by atoms with Crippen LogP contribution in [0.2, 0.25) is 0 Å². The smallest absolute Gasteiger partial charge is 0.342 e. The molecule has 2 aromatic rings. The molecule has 7 nitrogen and oxygen atoms in total. The maximum absolute atomic E-state index is 12.7. The Hall–Kier alpha value is -3.74. The molecule has 7 heteroatoms. The number of ketones is 1. The van der Waals surface area contributed by atoms with Gasteiger partial charge in [-0.15, -0.1) is 0 Å². The number of fused-ring (bicyclic) bond motifs is 1. The van der Waals surface area contributed by atoms with E-state index in [1.165, 1.54) is 18.2 Å². The molecule has 2 amide bonds. The number of carbonyl (C=O) groups excluding carboxylic acids is 4. The summed E-state index contributed by atoms with van der Waals surface area (Å²) in [6.45, 7) is -0.496. The van der Waals surface area contributed by atoms with E-state index in [1.807, 2.05) is 12.2 Å². The van der Waals surface area contributed by atoms with Crippen molar-refractivity contribution in [1.82, 2.24) is 0 Å². The minimum atomic E-state index is -0.920. The number of amides is 2. The standard InChI is InChI=1S/C23H19NO6/c25-19-11-10-15(24-21(27)16-8-4-5-9-17(16)22(24)28)12-18(19)23(29)30-13-20(26)14-6-2-1-3-7-14/h1-7,10-12,16-17,25H,8-9,13H2/t16-,17-/m1/s1. The van der Waals surface area contributed by atoms with Crippen LogP contribution >= 0.6 is 0 Å². The van der Waals surface area contributed by atoms with Crippen LogP contribution in [0.5, 0.6) is 5.75 Å². The van der Waals surface area contributed by atoms with Crippen LogP contribution in [-0.4, -0.2) is 35.3 Å². The van der Waals surface area contributed by atoms with Crippen molar-refractivity contribution in [2.24, 2.45) is 11.8 Å². The third kappa shape index (κ3) is 3.50. The monoisotopic (exact) mass is 405 g/mol. The van der Waals surface area contributed by atoms with E-state index in [4.69, 9.17) is 4.74 Å². The lowest BCUT2D eigenvalue weighted by Gasteiger charge is -2.16. The van der Waals surface area contributed by atoms with E-state index in [2.05, 4.69) is 0 Å². The van der Waals surface area contributed by atoms with E-state index < -0.39 is 24.4 Å². The molecular weight excluding hydrogens is 386 g/mol. The lowest BCUT2D eigenvalue weighted by atomic mass is 9.85. The van der Waals surface area contributed by atoms with Gasteiger partial charge in [0.05, 0.1) is 17.5 Å². The van der Waals surface area contributed by atoms with E-state index in [0.29, 0.717) is 18.4 Å². The number of hydrogen-bond acceptors (Lipinski definition) is 6. The Kier molecular flexibility index (Phi) is 5.18. The molecule has 0 bridgehead atoms. The summed E-state index contributed by atoms with van der Waals surface area (Å²) in [6.07, 6.45) is 4.78. The molecular formula is C23H19NO6. The first-order valence-electron chi connectivity index (χ1n) is 9.58. The van der Waals surface area contributed by atoms with Crippen molar-refractivity contribution >= 4 is 29.3 Å². The average Bonchev–Trinajstić information content (AvgIpc) is 3.03. The van der Waals surface area contributed by atoms with Gasteiger partial charge in [-0.2, -0.15) is 0 Å². The van der Waals surface area contributed by atoms with E-state index >= 15 is 0 Å². The van der Waals surface area contributed by atoms with Crippen LogP contribution in [0.1, 0.15) is 33.6 Å². The molecule has 2 aromatic carbocycles. The molecule has 0 unspecified atom stereocenters. The summed E-state index contributed by atoms with van der Waals surface area (Å²) < 4.78 is 5.04. The normalized spacial score (nSPS) is 20.2. The Morgan fingerprint density at radius 3 is 2.23 bits per heavy atom. The molecule has 2 aliphatic rings. The molecule has 0 aromatic heterocycles. The maximum atomic E-state index is 12.7. The first-order valence-corrected chi connectivity index (χ1v) is 9.58. The van der Waals surface area contributed by atoms with Crippen LogP contribution in [0.3, 0.4) is 0 Å². The number of allylic oxidation sites excluding steroid dienone is 2. The molecule has 2 atom stereocenters. The van der Waals surface area contributed by atoms with Gasteiger partial charge < -0.3 is 9.84 Å². The number of nitrogens with zero attached hydrogens (tertiary/aromatic N) is 1. The minimum absolute atomic E-state index is 0.193. The first kappa shape index (κ1) is 19.6. The summed E-state index contributed by atoms with van der Waals surface area (Å²) in [6, 6.07) is 12.2. The largest absolute Gasteiger partial charge is 0.507 e. The Morgan fingerprint density at radius 2 is 1.60 bits per heavy atom. The van der Waals surface area contributed by atoms with Crippen LogP contribution < -0.4 is 4.90 Å². The summed E-state index contributed by atoms with van der Waals surface area (Å²) >= 11 is 0. The maximum Gasteiger partial charge on any atom is 0.342 e. The van der Waals surface area contributed by atoms with Crippen LogP contribution in [-0.2, 0) is 14.3 Å². The van der Waals surface area contributed by atoms with E-state index in [9.17, 15) is 24.3 Å². The van der Waals surface area contributed by atoms with Gasteiger partial charge in [0, 0.05) is 5.56 Å². The number of benzene rings is 2. The van der Waals surface area contributed by atoms with Gasteiger partial charge in [-0.1, -0.05) is 42.5 Å². The summed E-state index contributed by atoms with van der Waals surface area (Å²) in [7, 11) is 0. The predicted octanol–water partition coefficient (Wildman–Crippen LogP) is 2.89. The van der Waals surface area contributed by atoms with Gasteiger partial charge in [0.15, 0.2) is 12.4 Å². The number of hydrogen-bond donors (Lipinski definition) is 1. The van der Waals surface area contributed by atoms with E-state index in [-0.39, 0.29) is 34.6 Å². The summed E-state index contributed by atoms with van der Waals surface area (Å²) in [5, 5.41) is 10.1. The molecule has 0 radical (unpaired) electrons. The van der Waals surface area contributed by atoms with Gasteiger partial charge in [0.2, 0.25) is 11.8 Å². The second kappa shape index (κ2) is 7.94. The zero-order valence-corrected chi connectivity index (χ0v) is 16.0. The van der Waals surface area contributed by atoms with Crippen molar-refractivity contribution in [2.75, 3.05) is 11.5 Å². The number of esters is 1. The molecule has 4 rings (SSSR count). The highest BCUT2D eigenvalue weighted by molar-refractivity contribution is 6.22. The fourth-order valence-electron chi connectivity index (χ4n) is 3.80. The SMILES string of the molecule is O=C(COC(=O)c1cc(N2C(=O)[C@@H]3CC=CC[C@H]3C2=O)ccc1O)c1ccccc1. The third-order valence-electron chi connectivity index (χ3n) is 5.40. The number of anilines is 1. The quantitative estimate of drug-likeness (QED) is 0.355. The molecule has 1 aliphatic heterocycles. The second-order valence-corrected chi connectivity index (χ2v) is 7.23. The molecule has 1 fully saturated rings. The second-order valence-electron chi connectivity index (χ2n) is 7.23. The molecule has 0 spiro atoms. The van der Waals surface area contributed by atoms with Crippen molar-refractivity contribution in [3.63, 3.8) is 0 Å². The molecule has 1 N–H and O–H groups in total. The molecule has 1 saturated heterocycles. The van der Waals surface area contributed by atoms with Crippen LogP contribution in [0, 0.1) is 11.8 Å². The fraction of sp³-hybridized carbons (Fsp3) is 0.217. The lowest BCUT2D eigenvalue weighted by molar-refractivity contribution is -0.122. The number of aromatic hydroxyl groups is 1. The first-order chi connectivity index (χ1) is 14.5. The van der Waals surface area contributed by atoms with Crippen LogP contribution in [0.4, 0.5) is 5.69 Å². The fourth-order valence-corrected chi connectivity index (χ4v) is 3.80. The van der Waals surface area contributed by atoms with Crippen molar-refractivity contribution < 1.29 is 29.0 Å². The van der Waals surface area contributed by atoms with Crippen molar-refractivity contribution in [2.45, 2.75) is 12.8 Å². The highest BCUT2D eigenvalue weighted by Crippen LogP contribution is 2.38. The molecule has 0 saturated carbocycles. The Balaban J connectivity index is 1.52. The number of carbonyl (C=O) groups is 4. The summed E-state index contributed by atoms with van der Waals surface area (Å²) in [5.74, 6) is -3.13. The average molecular weight is 405 g/mol. The van der Waals surface area contributed by atoms with Gasteiger partial charge in [-0.05, 0) is 31.0 Å². The van der Waals surface area contributed by atoms with Gasteiger partial charge in [-0.25, -0.2) is 4.79 Å². The highest BCUT2D eigenvalue weighted by atomic mass is 16.5. The predicted molar refractivity (Wildman–Crippen MR) is 107 cm³/mol. The summed E-state index contributed by atoms with van der Waals surface area (Å²) in [4.78, 5) is 51.1. The minimum Gasteiger partial charge on any atom is -0.507 e. The Bertz CT molecular complexity index is 1030. The number of rotatable bonds is 5. The molecule has 30 heavy (non-hydrogen) atoms. The van der Waals surface area contributed by atoms with Gasteiger partial charge in [0.25, 0.3) is 0 Å². The lowest BCUT2D eigenvalue weighted by Crippen LogP contribution is -2.31.